The first kappa shape index (κ1) is 3.65. The van der Waals surface area contributed by atoms with Gasteiger partial charge in [0.05, 0.1) is 0 Å². The summed E-state index contributed by atoms with van der Waals surface area (Å²) in [5, 5.41) is 0. The summed E-state index contributed by atoms with van der Waals surface area (Å²) in [6.07, 6.45) is 0.698. The van der Waals surface area contributed by atoms with Crippen LogP contribution in [0.5, 0.6) is 0 Å². The number of hydrogen-bond donors (Lipinski definition) is 0. The van der Waals surface area contributed by atoms with E-state index in [4.69, 9.17) is 0 Å². The van der Waals surface area contributed by atoms with Gasteiger partial charge in [0.15, 0.2) is 5.91 Å². The lowest BCUT2D eigenvalue weighted by Gasteiger charge is -2.34. The second-order valence-electron chi connectivity index (χ2n) is 1.41. The standard InChI is InChI=1S/C4H6NO/c1-5-3-2-4(5)6/h1-3H2/q-1. The summed E-state index contributed by atoms with van der Waals surface area (Å²) in [4.78, 5) is 11.6. The molecule has 1 fully saturated rings. The van der Waals surface area contributed by atoms with Gasteiger partial charge in [-0.2, -0.15) is 0 Å². The van der Waals surface area contributed by atoms with Gasteiger partial charge in [-0.05, 0) is 6.54 Å². The van der Waals surface area contributed by atoms with Gasteiger partial charge in [-0.25, -0.2) is 0 Å². The van der Waals surface area contributed by atoms with Crippen molar-refractivity contribution in [2.75, 3.05) is 6.54 Å². The summed E-state index contributed by atoms with van der Waals surface area (Å²) in [5.74, 6) is 0.162. The van der Waals surface area contributed by atoms with E-state index in [0.29, 0.717) is 6.42 Å². The number of nitrogens with zero attached hydrogens (tertiary/aromatic N) is 1. The molecule has 0 aromatic rings. The summed E-state index contributed by atoms with van der Waals surface area (Å²) < 4.78 is 0. The Morgan fingerprint density at radius 3 is 2.33 bits per heavy atom. The SMILES string of the molecule is [CH2-]N1CCC1=O. The van der Waals surface area contributed by atoms with Gasteiger partial charge in [-0.3, -0.25) is 11.8 Å². The van der Waals surface area contributed by atoms with Crippen LogP contribution in [0.4, 0.5) is 0 Å². The zero-order valence-electron chi connectivity index (χ0n) is 3.48. The smallest absolute Gasteiger partial charge is 0.194 e. The second kappa shape index (κ2) is 0.965. The van der Waals surface area contributed by atoms with Crippen molar-refractivity contribution in [1.29, 1.82) is 0 Å². The molecule has 0 aromatic heterocycles. The predicted molar refractivity (Wildman–Crippen MR) is 21.7 cm³/mol. The van der Waals surface area contributed by atoms with Crippen molar-refractivity contribution < 1.29 is 4.79 Å². The summed E-state index contributed by atoms with van der Waals surface area (Å²) in [7, 11) is 3.41. The number of rotatable bonds is 0. The third kappa shape index (κ3) is 0.295. The molecule has 34 valence electrons. The van der Waals surface area contributed by atoms with E-state index >= 15 is 0 Å². The third-order valence-corrected chi connectivity index (χ3v) is 0.948. The van der Waals surface area contributed by atoms with E-state index in [9.17, 15) is 4.79 Å². The minimum Gasteiger partial charge on any atom is -0.495 e. The first-order valence-corrected chi connectivity index (χ1v) is 1.91. The van der Waals surface area contributed by atoms with Crippen LogP contribution < -0.4 is 0 Å². The topological polar surface area (TPSA) is 20.3 Å². The molecule has 1 heterocycles. The lowest BCUT2D eigenvalue weighted by atomic mass is 10.2. The van der Waals surface area contributed by atoms with Gasteiger partial charge in [0.2, 0.25) is 0 Å². The highest BCUT2D eigenvalue weighted by molar-refractivity contribution is 5.81. The maximum Gasteiger partial charge on any atom is 0.194 e. The van der Waals surface area contributed by atoms with Crippen molar-refractivity contribution in [2.45, 2.75) is 6.42 Å². The van der Waals surface area contributed by atoms with Crippen LogP contribution >= 0.6 is 0 Å². The van der Waals surface area contributed by atoms with E-state index in [1.54, 1.807) is 0 Å². The number of carbonyl (C=O) groups excluding carboxylic acids is 1. The van der Waals surface area contributed by atoms with Crippen molar-refractivity contribution in [3.05, 3.63) is 7.05 Å². The number of carbonyl (C=O) groups is 1. The van der Waals surface area contributed by atoms with Crippen molar-refractivity contribution in [2.24, 2.45) is 0 Å². The number of hydrogen-bond acceptors (Lipinski definition) is 1. The normalized spacial score (nSPS) is 20.8. The van der Waals surface area contributed by atoms with Crippen LogP contribution in [0.1, 0.15) is 6.42 Å². The monoisotopic (exact) mass is 84.0 g/mol. The highest BCUT2D eigenvalue weighted by Gasteiger charge is 2.11. The van der Waals surface area contributed by atoms with E-state index in [0.717, 1.165) is 6.54 Å². The van der Waals surface area contributed by atoms with Crippen molar-refractivity contribution in [3.63, 3.8) is 0 Å². The van der Waals surface area contributed by atoms with Gasteiger partial charge in [-0.1, -0.05) is 0 Å². The van der Waals surface area contributed by atoms with E-state index < -0.39 is 0 Å². The summed E-state index contributed by atoms with van der Waals surface area (Å²) in [6.45, 7) is 0.846. The Labute approximate surface area is 36.7 Å². The molecule has 0 radical (unpaired) electrons. The minimum atomic E-state index is 0.162. The number of likely N-dealkylation sites (tertiary alicyclic amines) is 1. The van der Waals surface area contributed by atoms with Gasteiger partial charge in [0, 0.05) is 6.42 Å². The van der Waals surface area contributed by atoms with E-state index in [-0.39, 0.29) is 5.91 Å². The van der Waals surface area contributed by atoms with Crippen LogP contribution in [0.25, 0.3) is 0 Å². The van der Waals surface area contributed by atoms with Crippen molar-refractivity contribution in [1.82, 2.24) is 4.90 Å². The Hall–Kier alpha value is -0.530. The first-order chi connectivity index (χ1) is 2.80. The van der Waals surface area contributed by atoms with Gasteiger partial charge in [0.1, 0.15) is 0 Å². The fourth-order valence-corrected chi connectivity index (χ4v) is 0.361. The third-order valence-electron chi connectivity index (χ3n) is 0.948. The molecule has 6 heavy (non-hydrogen) atoms. The molecule has 0 N–H and O–H groups in total. The summed E-state index contributed by atoms with van der Waals surface area (Å²) in [6, 6.07) is 0. The maximum absolute atomic E-state index is 10.1. The minimum absolute atomic E-state index is 0.162. The zero-order chi connectivity index (χ0) is 4.57. The quantitative estimate of drug-likeness (QED) is 0.299. The largest absolute Gasteiger partial charge is 0.495 e. The van der Waals surface area contributed by atoms with E-state index in [2.05, 4.69) is 7.05 Å². The number of β-lactam (4-membered cyclic amide) rings is 1. The first-order valence-electron chi connectivity index (χ1n) is 1.91. The molecule has 1 aliphatic heterocycles. The van der Waals surface area contributed by atoms with Crippen LogP contribution in [-0.2, 0) is 4.79 Å². The molecular formula is C4H6NO-. The molecule has 1 aliphatic rings. The number of amides is 1. The Bertz CT molecular complexity index is 79.6. The lowest BCUT2D eigenvalue weighted by Crippen LogP contribution is -2.37. The van der Waals surface area contributed by atoms with Crippen molar-refractivity contribution >= 4 is 5.91 Å². The molecule has 0 bridgehead atoms. The molecule has 2 heteroatoms. The van der Waals surface area contributed by atoms with Gasteiger partial charge in [0.25, 0.3) is 0 Å². The molecule has 2 nitrogen and oxygen atoms in total. The second-order valence-corrected chi connectivity index (χ2v) is 1.41. The van der Waals surface area contributed by atoms with E-state index in [1.807, 2.05) is 0 Å². The van der Waals surface area contributed by atoms with Gasteiger partial charge in [-0.15, -0.1) is 0 Å². The highest BCUT2D eigenvalue weighted by Crippen LogP contribution is 2.03. The fraction of sp³-hybridized carbons (Fsp3) is 0.500. The highest BCUT2D eigenvalue weighted by atomic mass is 16.2. The predicted octanol–water partition coefficient (Wildman–Crippen LogP) is 0.0103. The Morgan fingerprint density at radius 2 is 2.33 bits per heavy atom. The molecule has 0 aromatic carbocycles. The molecule has 0 spiro atoms. The molecule has 1 saturated heterocycles. The van der Waals surface area contributed by atoms with E-state index in [1.165, 1.54) is 4.90 Å². The Balaban J connectivity index is 2.39. The van der Waals surface area contributed by atoms with Crippen LogP contribution in [0.2, 0.25) is 0 Å². The summed E-state index contributed by atoms with van der Waals surface area (Å²) in [5.41, 5.74) is 0. The maximum atomic E-state index is 10.1. The van der Waals surface area contributed by atoms with Crippen LogP contribution in [0, 0.1) is 7.05 Å². The average Bonchev–Trinajstić information content (AvgIpc) is 1.61. The lowest BCUT2D eigenvalue weighted by molar-refractivity contribution is -0.136. The average molecular weight is 84.1 g/mol. The van der Waals surface area contributed by atoms with Crippen molar-refractivity contribution in [3.8, 4) is 0 Å². The summed E-state index contributed by atoms with van der Waals surface area (Å²) >= 11 is 0. The molecule has 0 atom stereocenters. The zero-order valence-corrected chi connectivity index (χ0v) is 3.48. The fourth-order valence-electron chi connectivity index (χ4n) is 0.361. The molecule has 1 amide bonds. The molecule has 0 aliphatic carbocycles. The molecule has 0 unspecified atom stereocenters. The molecule has 0 saturated carbocycles. The Morgan fingerprint density at radius 1 is 1.83 bits per heavy atom. The molecular weight excluding hydrogens is 78.0 g/mol. The van der Waals surface area contributed by atoms with Gasteiger partial charge < -0.3 is 4.90 Å². The van der Waals surface area contributed by atoms with Gasteiger partial charge >= 0.3 is 0 Å². The van der Waals surface area contributed by atoms with Crippen LogP contribution in [0.15, 0.2) is 0 Å². The van der Waals surface area contributed by atoms with Crippen LogP contribution in [0.3, 0.4) is 0 Å². The van der Waals surface area contributed by atoms with Crippen LogP contribution in [-0.4, -0.2) is 17.4 Å². The Kier molecular flexibility index (Phi) is 0.587. The molecule has 1 rings (SSSR count).